The molecule has 0 radical (unpaired) electrons. The van der Waals surface area contributed by atoms with Gasteiger partial charge < -0.3 is 4.98 Å². The van der Waals surface area contributed by atoms with Gasteiger partial charge in [0.2, 0.25) is 0 Å². The maximum Gasteiger partial charge on any atom is 0.419 e. The van der Waals surface area contributed by atoms with Gasteiger partial charge in [0.15, 0.2) is 0 Å². The van der Waals surface area contributed by atoms with Gasteiger partial charge in [0, 0.05) is 23.3 Å². The molecule has 0 saturated heterocycles. The van der Waals surface area contributed by atoms with Gasteiger partial charge in [0.25, 0.3) is 0 Å². The summed E-state index contributed by atoms with van der Waals surface area (Å²) in [6.45, 7) is 0. The van der Waals surface area contributed by atoms with Crippen LogP contribution in [0.5, 0.6) is 0 Å². The van der Waals surface area contributed by atoms with Crippen molar-refractivity contribution in [3.63, 3.8) is 0 Å². The minimum Gasteiger partial charge on any atom is -0.360 e. The zero-order valence-electron chi connectivity index (χ0n) is 10.7. The summed E-state index contributed by atoms with van der Waals surface area (Å²) in [5.41, 5.74) is 0.122. The molecule has 0 aliphatic heterocycles. The highest BCUT2D eigenvalue weighted by atomic mass is 79.9. The molecule has 2 aromatic heterocycles. The molecule has 1 N–H and O–H groups in total. The summed E-state index contributed by atoms with van der Waals surface area (Å²) in [5, 5.41) is 9.53. The maximum atomic E-state index is 13.1. The molecule has 0 aliphatic rings. The Balaban J connectivity index is 2.30. The lowest BCUT2D eigenvalue weighted by Crippen LogP contribution is -2.08. The number of aromatic nitrogens is 3. The Hall–Kier alpha value is -2.40. The Kier molecular flexibility index (Phi) is 3.37. The zero-order chi connectivity index (χ0) is 15.9. The Morgan fingerprint density at radius 1 is 1.27 bits per heavy atom. The Bertz CT molecular complexity index is 909. The lowest BCUT2D eigenvalue weighted by Gasteiger charge is -2.10. The summed E-state index contributed by atoms with van der Waals surface area (Å²) < 4.78 is 39.8. The van der Waals surface area contributed by atoms with Crippen LogP contribution in [0.2, 0.25) is 0 Å². The van der Waals surface area contributed by atoms with Crippen LogP contribution in [-0.2, 0) is 6.18 Å². The molecule has 3 aromatic rings. The number of nitrogens with one attached hydrogen (secondary N) is 1. The van der Waals surface area contributed by atoms with Gasteiger partial charge in [-0.05, 0) is 22.0 Å². The van der Waals surface area contributed by atoms with E-state index in [4.69, 9.17) is 5.26 Å². The molecule has 22 heavy (non-hydrogen) atoms. The number of nitrogens with zero attached hydrogens (tertiary/aromatic N) is 3. The topological polar surface area (TPSA) is 65.4 Å². The third-order valence-corrected chi connectivity index (χ3v) is 4.01. The highest BCUT2D eigenvalue weighted by molar-refractivity contribution is 9.10. The number of benzene rings is 1. The predicted octanol–water partition coefficient (Wildman–Crippen LogP) is 4.28. The number of halogens is 4. The molecule has 4 nitrogen and oxygen atoms in total. The summed E-state index contributed by atoms with van der Waals surface area (Å²) in [5.74, 6) is 0. The van der Waals surface area contributed by atoms with Crippen LogP contribution in [0.25, 0.3) is 22.2 Å². The first kappa shape index (κ1) is 14.5. The largest absolute Gasteiger partial charge is 0.419 e. The summed E-state index contributed by atoms with van der Waals surface area (Å²) in [4.78, 5) is 10.1. The Morgan fingerprint density at radius 2 is 2.05 bits per heavy atom. The van der Waals surface area contributed by atoms with Gasteiger partial charge in [-0.15, -0.1) is 0 Å². The first-order valence-corrected chi connectivity index (χ1v) is 6.80. The van der Waals surface area contributed by atoms with Crippen molar-refractivity contribution in [3.05, 3.63) is 46.5 Å². The summed E-state index contributed by atoms with van der Waals surface area (Å²) in [6, 6.07) is 5.13. The molecule has 8 heteroatoms. The van der Waals surface area contributed by atoms with Gasteiger partial charge >= 0.3 is 6.18 Å². The average molecular weight is 367 g/mol. The van der Waals surface area contributed by atoms with Crippen LogP contribution in [0.15, 0.2) is 35.3 Å². The number of fused-ring (bicyclic) bond motifs is 1. The van der Waals surface area contributed by atoms with E-state index in [9.17, 15) is 13.2 Å². The molecule has 3 rings (SSSR count). The number of rotatable bonds is 1. The summed E-state index contributed by atoms with van der Waals surface area (Å²) in [7, 11) is 0. The first-order valence-electron chi connectivity index (χ1n) is 6.00. The fourth-order valence-corrected chi connectivity index (χ4v) is 2.75. The van der Waals surface area contributed by atoms with Crippen molar-refractivity contribution in [2.45, 2.75) is 6.18 Å². The van der Waals surface area contributed by atoms with Gasteiger partial charge in [0.05, 0.1) is 21.2 Å². The van der Waals surface area contributed by atoms with Crippen molar-refractivity contribution in [1.29, 1.82) is 5.26 Å². The number of nitriles is 1. The van der Waals surface area contributed by atoms with E-state index in [-0.39, 0.29) is 5.69 Å². The molecule has 1 aromatic carbocycles. The lowest BCUT2D eigenvalue weighted by atomic mass is 10.0. The van der Waals surface area contributed by atoms with Crippen LogP contribution in [0.1, 0.15) is 11.1 Å². The molecule has 0 bridgehead atoms. The van der Waals surface area contributed by atoms with E-state index in [2.05, 4.69) is 30.9 Å². The molecule has 110 valence electrons. The van der Waals surface area contributed by atoms with Gasteiger partial charge in [-0.3, -0.25) is 0 Å². The minimum atomic E-state index is -4.55. The second kappa shape index (κ2) is 5.10. The molecular weight excluding hydrogens is 361 g/mol. The number of H-pyrrole nitrogens is 1. The van der Waals surface area contributed by atoms with Crippen molar-refractivity contribution in [2.24, 2.45) is 0 Å². The molecule has 0 amide bonds. The fraction of sp³-hybridized carbons (Fsp3) is 0.0714. The van der Waals surface area contributed by atoms with E-state index in [1.807, 2.05) is 6.07 Å². The van der Waals surface area contributed by atoms with E-state index < -0.39 is 11.7 Å². The van der Waals surface area contributed by atoms with E-state index in [1.165, 1.54) is 12.3 Å². The van der Waals surface area contributed by atoms with Crippen LogP contribution in [-0.4, -0.2) is 15.0 Å². The second-order valence-corrected chi connectivity index (χ2v) is 5.24. The molecule has 0 atom stereocenters. The lowest BCUT2D eigenvalue weighted by molar-refractivity contribution is -0.137. The molecule has 2 heterocycles. The molecule has 0 saturated carbocycles. The minimum absolute atomic E-state index is 0.203. The predicted molar refractivity (Wildman–Crippen MR) is 76.7 cm³/mol. The molecule has 0 unspecified atom stereocenters. The van der Waals surface area contributed by atoms with Gasteiger partial charge in [-0.25, -0.2) is 9.97 Å². The highest BCUT2D eigenvalue weighted by Gasteiger charge is 2.35. The third kappa shape index (κ3) is 2.23. The quantitative estimate of drug-likeness (QED) is 0.698. The van der Waals surface area contributed by atoms with Crippen molar-refractivity contribution in [2.75, 3.05) is 0 Å². The van der Waals surface area contributed by atoms with E-state index in [0.717, 1.165) is 12.5 Å². The van der Waals surface area contributed by atoms with Gasteiger partial charge in [-0.2, -0.15) is 18.4 Å². The standard InChI is InChI=1S/C14H6BrF3N4/c15-11-7(3-19)1-2-8-9(4-21-13(8)11)12-10(14(16,17)18)5-20-6-22-12/h1-2,4-6,21H. The molecule has 0 aliphatic carbocycles. The highest BCUT2D eigenvalue weighted by Crippen LogP contribution is 2.39. The Morgan fingerprint density at radius 3 is 2.73 bits per heavy atom. The van der Waals surface area contributed by atoms with Gasteiger partial charge in [0.1, 0.15) is 18.0 Å². The molecule has 0 fully saturated rings. The monoisotopic (exact) mass is 366 g/mol. The first-order chi connectivity index (χ1) is 10.4. The fourth-order valence-electron chi connectivity index (χ4n) is 2.20. The van der Waals surface area contributed by atoms with Crippen LogP contribution in [0, 0.1) is 11.3 Å². The van der Waals surface area contributed by atoms with Crippen molar-refractivity contribution >= 4 is 26.8 Å². The molecule has 0 spiro atoms. The van der Waals surface area contributed by atoms with Crippen molar-refractivity contribution < 1.29 is 13.2 Å². The van der Waals surface area contributed by atoms with Crippen LogP contribution in [0.3, 0.4) is 0 Å². The number of hydrogen-bond donors (Lipinski definition) is 1. The smallest absolute Gasteiger partial charge is 0.360 e. The van der Waals surface area contributed by atoms with Gasteiger partial charge in [-0.1, -0.05) is 6.07 Å². The van der Waals surface area contributed by atoms with E-state index >= 15 is 0 Å². The SMILES string of the molecule is N#Cc1ccc2c(-c3ncncc3C(F)(F)F)c[nH]c2c1Br. The van der Waals surface area contributed by atoms with Crippen LogP contribution < -0.4 is 0 Å². The third-order valence-electron chi connectivity index (χ3n) is 3.19. The van der Waals surface area contributed by atoms with Crippen LogP contribution in [0.4, 0.5) is 13.2 Å². The second-order valence-electron chi connectivity index (χ2n) is 4.45. The van der Waals surface area contributed by atoms with E-state index in [1.54, 1.807) is 6.07 Å². The number of alkyl halides is 3. The number of hydrogen-bond acceptors (Lipinski definition) is 3. The summed E-state index contributed by atoms with van der Waals surface area (Å²) >= 11 is 3.28. The summed E-state index contributed by atoms with van der Waals surface area (Å²) in [6.07, 6.45) is -1.29. The zero-order valence-corrected chi connectivity index (χ0v) is 12.3. The average Bonchev–Trinajstić information content (AvgIpc) is 2.91. The normalized spacial score (nSPS) is 11.6. The van der Waals surface area contributed by atoms with Crippen molar-refractivity contribution in [1.82, 2.24) is 15.0 Å². The number of aromatic amines is 1. The van der Waals surface area contributed by atoms with Crippen LogP contribution >= 0.6 is 15.9 Å². The van der Waals surface area contributed by atoms with Crippen molar-refractivity contribution in [3.8, 4) is 17.3 Å². The Labute approximate surface area is 130 Å². The maximum absolute atomic E-state index is 13.1. The molecular formula is C14H6BrF3N4. The van der Waals surface area contributed by atoms with E-state index in [0.29, 0.717) is 26.5 Å².